The number of carbonyl (C=O) groups excluding carboxylic acids is 2. The highest BCUT2D eigenvalue weighted by Crippen LogP contribution is 2.49. The Hall–Kier alpha value is -1.85. The summed E-state index contributed by atoms with van der Waals surface area (Å²) in [6.45, 7) is 0.993. The summed E-state index contributed by atoms with van der Waals surface area (Å²) in [6.07, 6.45) is 5.85. The zero-order valence-corrected chi connectivity index (χ0v) is 11.8. The van der Waals surface area contributed by atoms with Crippen LogP contribution in [0.25, 0.3) is 0 Å². The molecule has 0 radical (unpaired) electrons. The summed E-state index contributed by atoms with van der Waals surface area (Å²) in [6, 6.07) is 0. The topological polar surface area (TPSA) is 101 Å². The number of carboxylic acids is 1. The van der Waals surface area contributed by atoms with Crippen LogP contribution in [-0.2, 0) is 14.4 Å². The van der Waals surface area contributed by atoms with Gasteiger partial charge in [0.15, 0.2) is 0 Å². The van der Waals surface area contributed by atoms with E-state index < -0.39 is 17.8 Å². The Bertz CT molecular complexity index is 508. The Morgan fingerprint density at radius 1 is 1.05 bits per heavy atom. The van der Waals surface area contributed by atoms with Crippen LogP contribution in [-0.4, -0.2) is 40.9 Å². The summed E-state index contributed by atoms with van der Waals surface area (Å²) in [5.41, 5.74) is 5.29. The van der Waals surface area contributed by atoms with Crippen molar-refractivity contribution >= 4 is 17.8 Å². The molecule has 1 aliphatic heterocycles. The predicted molar refractivity (Wildman–Crippen MR) is 73.9 cm³/mol. The van der Waals surface area contributed by atoms with Gasteiger partial charge in [-0.2, -0.15) is 0 Å². The molecule has 3 N–H and O–H groups in total. The maximum Gasteiger partial charge on any atom is 0.307 e. The second-order valence-corrected chi connectivity index (χ2v) is 6.34. The molecular weight excluding hydrogens is 272 g/mol. The van der Waals surface area contributed by atoms with Gasteiger partial charge in [-0.3, -0.25) is 14.4 Å². The predicted octanol–water partition coefficient (Wildman–Crippen LogP) is 0.233. The van der Waals surface area contributed by atoms with Crippen LogP contribution in [0.5, 0.6) is 0 Å². The minimum Gasteiger partial charge on any atom is -0.481 e. The fourth-order valence-corrected chi connectivity index (χ4v) is 4.09. The molecule has 0 aromatic rings. The Kier molecular flexibility index (Phi) is 3.47. The van der Waals surface area contributed by atoms with Crippen LogP contribution >= 0.6 is 0 Å². The van der Waals surface area contributed by atoms with Gasteiger partial charge in [-0.25, -0.2) is 0 Å². The molecule has 0 spiro atoms. The molecule has 2 amide bonds. The molecule has 6 nitrogen and oxygen atoms in total. The van der Waals surface area contributed by atoms with Crippen molar-refractivity contribution in [2.75, 3.05) is 13.1 Å². The number of nitrogens with two attached hydrogens (primary N) is 1. The highest BCUT2D eigenvalue weighted by molar-refractivity contribution is 5.87. The lowest BCUT2D eigenvalue weighted by Crippen LogP contribution is -2.47. The number of aliphatic carboxylic acids is 1. The highest BCUT2D eigenvalue weighted by Gasteiger charge is 2.52. The minimum absolute atomic E-state index is 0.00962. The molecule has 0 aromatic heterocycles. The third-order valence-electron chi connectivity index (χ3n) is 5.24. The lowest BCUT2D eigenvalue weighted by atomic mass is 9.81. The number of likely N-dealkylation sites (tertiary alicyclic amines) is 1. The van der Waals surface area contributed by atoms with E-state index in [0.717, 1.165) is 6.42 Å². The van der Waals surface area contributed by atoms with Crippen molar-refractivity contribution in [3.05, 3.63) is 12.2 Å². The Morgan fingerprint density at radius 2 is 1.62 bits per heavy atom. The molecule has 114 valence electrons. The van der Waals surface area contributed by atoms with E-state index in [4.69, 9.17) is 5.73 Å². The van der Waals surface area contributed by atoms with Crippen molar-refractivity contribution in [1.29, 1.82) is 0 Å². The molecule has 3 rings (SSSR count). The Labute approximate surface area is 123 Å². The van der Waals surface area contributed by atoms with Crippen molar-refractivity contribution in [1.82, 2.24) is 4.90 Å². The second kappa shape index (κ2) is 5.16. The van der Waals surface area contributed by atoms with E-state index >= 15 is 0 Å². The standard InChI is InChI=1S/C15H20N2O4/c16-13(18)8-3-5-17(6-4-8)14(19)11-9-1-2-10(7-9)12(11)15(20)21/h1-2,8-12H,3-7H2,(H2,16,18)(H,20,21)/t9-,10-,11-,12+/m0/s1. The van der Waals surface area contributed by atoms with E-state index in [1.165, 1.54) is 0 Å². The van der Waals surface area contributed by atoms with E-state index in [-0.39, 0.29) is 29.6 Å². The number of amides is 2. The molecule has 0 aromatic carbocycles. The molecular formula is C15H20N2O4. The summed E-state index contributed by atoms with van der Waals surface area (Å²) in [4.78, 5) is 37.0. The molecule has 1 heterocycles. The van der Waals surface area contributed by atoms with Gasteiger partial charge in [0.05, 0.1) is 11.8 Å². The van der Waals surface area contributed by atoms with Crippen LogP contribution in [0.4, 0.5) is 0 Å². The van der Waals surface area contributed by atoms with Gasteiger partial charge in [0.1, 0.15) is 0 Å². The van der Waals surface area contributed by atoms with Crippen LogP contribution in [0.2, 0.25) is 0 Å². The van der Waals surface area contributed by atoms with Gasteiger partial charge in [-0.15, -0.1) is 0 Å². The van der Waals surface area contributed by atoms with Gasteiger partial charge in [0.25, 0.3) is 0 Å². The Morgan fingerprint density at radius 3 is 2.14 bits per heavy atom. The van der Waals surface area contributed by atoms with Gasteiger partial charge in [-0.05, 0) is 31.1 Å². The number of carboxylic acid groups (broad SMARTS) is 1. The van der Waals surface area contributed by atoms with Crippen molar-refractivity contribution in [2.45, 2.75) is 19.3 Å². The van der Waals surface area contributed by atoms with Crippen molar-refractivity contribution < 1.29 is 19.5 Å². The summed E-state index contributed by atoms with van der Waals surface area (Å²) in [5, 5.41) is 9.40. The van der Waals surface area contributed by atoms with E-state index in [1.54, 1.807) is 4.90 Å². The summed E-state index contributed by atoms with van der Waals surface area (Å²) in [5.74, 6) is -2.41. The highest BCUT2D eigenvalue weighted by atomic mass is 16.4. The van der Waals surface area contributed by atoms with E-state index in [0.29, 0.717) is 25.9 Å². The SMILES string of the molecule is NC(=O)C1CCN(C(=O)[C@@H]2[C@H](C(=O)O)[C@H]3C=C[C@H]2C3)CC1. The van der Waals surface area contributed by atoms with Gasteiger partial charge in [0.2, 0.25) is 11.8 Å². The second-order valence-electron chi connectivity index (χ2n) is 6.34. The van der Waals surface area contributed by atoms with E-state index in [9.17, 15) is 19.5 Å². The molecule has 0 unspecified atom stereocenters. The smallest absolute Gasteiger partial charge is 0.307 e. The first kappa shape index (κ1) is 14.1. The molecule has 1 saturated heterocycles. The van der Waals surface area contributed by atoms with Crippen LogP contribution in [0, 0.1) is 29.6 Å². The monoisotopic (exact) mass is 292 g/mol. The maximum absolute atomic E-state index is 12.7. The number of fused-ring (bicyclic) bond motifs is 2. The summed E-state index contributed by atoms with van der Waals surface area (Å²) in [7, 11) is 0. The molecule has 2 bridgehead atoms. The fraction of sp³-hybridized carbons (Fsp3) is 0.667. The van der Waals surface area contributed by atoms with Crippen molar-refractivity contribution in [2.24, 2.45) is 35.3 Å². The van der Waals surface area contributed by atoms with E-state index in [1.807, 2.05) is 12.2 Å². The number of hydrogen-bond acceptors (Lipinski definition) is 3. The number of allylic oxidation sites excluding steroid dienone is 2. The number of primary amides is 1. The quantitative estimate of drug-likeness (QED) is 0.727. The van der Waals surface area contributed by atoms with Crippen LogP contribution in [0.3, 0.4) is 0 Å². The van der Waals surface area contributed by atoms with Crippen molar-refractivity contribution in [3.8, 4) is 0 Å². The average molecular weight is 292 g/mol. The van der Waals surface area contributed by atoms with Gasteiger partial charge in [0, 0.05) is 19.0 Å². The van der Waals surface area contributed by atoms with Crippen LogP contribution in [0.1, 0.15) is 19.3 Å². The molecule has 6 heteroatoms. The Balaban J connectivity index is 1.70. The fourth-order valence-electron chi connectivity index (χ4n) is 4.09. The minimum atomic E-state index is -0.878. The van der Waals surface area contributed by atoms with Crippen LogP contribution < -0.4 is 5.73 Å². The van der Waals surface area contributed by atoms with Gasteiger partial charge >= 0.3 is 5.97 Å². The maximum atomic E-state index is 12.7. The van der Waals surface area contributed by atoms with Crippen molar-refractivity contribution in [3.63, 3.8) is 0 Å². The lowest BCUT2D eigenvalue weighted by Gasteiger charge is -2.35. The third kappa shape index (κ3) is 2.32. The average Bonchev–Trinajstić information content (AvgIpc) is 3.07. The molecule has 21 heavy (non-hydrogen) atoms. The zero-order valence-electron chi connectivity index (χ0n) is 11.8. The largest absolute Gasteiger partial charge is 0.481 e. The first-order valence-corrected chi connectivity index (χ1v) is 7.48. The van der Waals surface area contributed by atoms with Gasteiger partial charge in [-0.1, -0.05) is 12.2 Å². The third-order valence-corrected chi connectivity index (χ3v) is 5.24. The number of nitrogens with zero attached hydrogens (tertiary/aromatic N) is 1. The molecule has 3 aliphatic rings. The molecule has 2 fully saturated rings. The molecule has 2 aliphatic carbocycles. The summed E-state index contributed by atoms with van der Waals surface area (Å²) >= 11 is 0. The first-order chi connectivity index (χ1) is 9.99. The van der Waals surface area contributed by atoms with Gasteiger partial charge < -0.3 is 15.7 Å². The van der Waals surface area contributed by atoms with E-state index in [2.05, 4.69) is 0 Å². The summed E-state index contributed by atoms with van der Waals surface area (Å²) < 4.78 is 0. The number of hydrogen-bond donors (Lipinski definition) is 2. The van der Waals surface area contributed by atoms with Crippen LogP contribution in [0.15, 0.2) is 12.2 Å². The normalized spacial score (nSPS) is 35.1. The number of piperidine rings is 1. The number of carbonyl (C=O) groups is 3. The zero-order chi connectivity index (χ0) is 15.1. The molecule has 4 atom stereocenters. The number of rotatable bonds is 3. The molecule has 1 saturated carbocycles. The lowest BCUT2D eigenvalue weighted by molar-refractivity contribution is -0.151. The first-order valence-electron chi connectivity index (χ1n) is 7.48.